The Balaban J connectivity index is 2.92. The summed E-state index contributed by atoms with van der Waals surface area (Å²) in [4.78, 5) is 34.6. The first-order chi connectivity index (χ1) is 7.30. The first kappa shape index (κ1) is 12.0. The predicted molar refractivity (Wildman–Crippen MR) is 53.9 cm³/mol. The summed E-state index contributed by atoms with van der Waals surface area (Å²) in [6, 6.07) is 0. The van der Waals surface area contributed by atoms with E-state index in [0.717, 1.165) is 0 Å². The minimum atomic E-state index is -0.968. The lowest BCUT2D eigenvalue weighted by molar-refractivity contribution is 0.0449. The molecule has 0 aliphatic carbocycles. The zero-order valence-corrected chi connectivity index (χ0v) is 8.86. The van der Waals surface area contributed by atoms with Gasteiger partial charge in [-0.3, -0.25) is 9.78 Å². The van der Waals surface area contributed by atoms with Crippen LogP contribution >= 0.6 is 0 Å². The summed E-state index contributed by atoms with van der Waals surface area (Å²) in [6.07, 6.45) is -0.895. The second-order valence-corrected chi connectivity index (χ2v) is 3.81. The minimum Gasteiger partial charge on any atom is -0.443 e. The number of hydrogen-bond acceptors (Lipinski definition) is 5. The Labute approximate surface area is 89.8 Å². The number of carbonyl (C=O) groups excluding carboxylic acids is 1. The van der Waals surface area contributed by atoms with E-state index < -0.39 is 22.9 Å². The van der Waals surface area contributed by atoms with Gasteiger partial charge in [-0.25, -0.2) is 14.7 Å². The van der Waals surface area contributed by atoms with E-state index in [1.807, 2.05) is 4.98 Å². The molecular weight excluding hydrogens is 216 g/mol. The summed E-state index contributed by atoms with van der Waals surface area (Å²) < 4.78 is 4.78. The zero-order valence-electron chi connectivity index (χ0n) is 8.86. The lowest BCUT2D eigenvalue weighted by Gasteiger charge is -2.22. The fourth-order valence-corrected chi connectivity index (χ4v) is 1.20. The van der Waals surface area contributed by atoms with E-state index in [0.29, 0.717) is 0 Å². The van der Waals surface area contributed by atoms with Gasteiger partial charge in [0.15, 0.2) is 0 Å². The van der Waals surface area contributed by atoms with Gasteiger partial charge in [0.05, 0.1) is 0 Å². The second kappa shape index (κ2) is 4.17. The number of nitrogens with zero attached hydrogens (tertiary/aromatic N) is 1. The van der Waals surface area contributed by atoms with E-state index in [-0.39, 0.29) is 12.1 Å². The standard InChI is InChI=1S/C8H12N4O4/c1-8(2,16-6(9)14)3-4-5(13)10-7(15)12-11-4/h3H2,1-2H3,(H2,9,14)(H2,10,12,13,15). The number of hydrogen-bond donors (Lipinski definition) is 3. The van der Waals surface area contributed by atoms with Crippen LogP contribution in [0.5, 0.6) is 0 Å². The molecule has 0 bridgehead atoms. The molecule has 4 N–H and O–H groups in total. The highest BCUT2D eigenvalue weighted by atomic mass is 16.6. The Morgan fingerprint density at radius 1 is 1.50 bits per heavy atom. The van der Waals surface area contributed by atoms with Gasteiger partial charge >= 0.3 is 11.8 Å². The SMILES string of the molecule is CC(C)(Cc1n[nH]c(=O)[nH]c1=O)OC(N)=O. The normalized spacial score (nSPS) is 11.1. The third-order valence-corrected chi connectivity index (χ3v) is 1.75. The number of aromatic nitrogens is 3. The molecule has 0 saturated carbocycles. The minimum absolute atomic E-state index is 0.0437. The Morgan fingerprint density at radius 2 is 2.12 bits per heavy atom. The van der Waals surface area contributed by atoms with Gasteiger partial charge in [0.25, 0.3) is 5.56 Å². The average molecular weight is 228 g/mol. The van der Waals surface area contributed by atoms with E-state index in [9.17, 15) is 14.4 Å². The van der Waals surface area contributed by atoms with Gasteiger partial charge in [0.2, 0.25) is 0 Å². The molecular formula is C8H12N4O4. The maximum absolute atomic E-state index is 11.3. The fourth-order valence-electron chi connectivity index (χ4n) is 1.20. The molecule has 0 atom stereocenters. The first-order valence-corrected chi connectivity index (χ1v) is 4.46. The highest BCUT2D eigenvalue weighted by molar-refractivity contribution is 5.65. The van der Waals surface area contributed by atoms with Crippen LogP contribution in [-0.2, 0) is 11.2 Å². The Morgan fingerprint density at radius 3 is 2.62 bits per heavy atom. The molecule has 88 valence electrons. The lowest BCUT2D eigenvalue weighted by Crippen LogP contribution is -2.37. The van der Waals surface area contributed by atoms with Gasteiger partial charge in [-0.15, -0.1) is 0 Å². The fraction of sp³-hybridized carbons (Fsp3) is 0.500. The highest BCUT2D eigenvalue weighted by Gasteiger charge is 2.24. The van der Waals surface area contributed by atoms with E-state index in [1.165, 1.54) is 0 Å². The Kier molecular flexibility index (Phi) is 3.11. The molecule has 0 aromatic carbocycles. The molecule has 8 nitrogen and oxygen atoms in total. The van der Waals surface area contributed by atoms with Crippen LogP contribution in [-0.4, -0.2) is 26.9 Å². The smallest absolute Gasteiger partial charge is 0.405 e. The van der Waals surface area contributed by atoms with Gasteiger partial charge < -0.3 is 10.5 Å². The molecule has 16 heavy (non-hydrogen) atoms. The third-order valence-electron chi connectivity index (χ3n) is 1.75. The van der Waals surface area contributed by atoms with Crippen molar-refractivity contribution in [2.24, 2.45) is 5.73 Å². The second-order valence-electron chi connectivity index (χ2n) is 3.81. The van der Waals surface area contributed by atoms with Crippen LogP contribution in [0.2, 0.25) is 0 Å². The molecule has 8 heteroatoms. The molecule has 1 aromatic rings. The molecule has 1 amide bonds. The number of aromatic amines is 2. The van der Waals surface area contributed by atoms with Gasteiger partial charge in [-0.05, 0) is 13.8 Å². The maximum atomic E-state index is 11.3. The van der Waals surface area contributed by atoms with Crippen molar-refractivity contribution in [3.05, 3.63) is 26.5 Å². The van der Waals surface area contributed by atoms with Gasteiger partial charge in [0.1, 0.15) is 11.3 Å². The van der Waals surface area contributed by atoms with Crippen LogP contribution in [0.3, 0.4) is 0 Å². The topological polar surface area (TPSA) is 131 Å². The monoisotopic (exact) mass is 228 g/mol. The van der Waals surface area contributed by atoms with Crippen LogP contribution in [0.15, 0.2) is 9.59 Å². The van der Waals surface area contributed by atoms with Crippen molar-refractivity contribution in [2.45, 2.75) is 25.9 Å². The number of nitrogens with two attached hydrogens (primary N) is 1. The quantitative estimate of drug-likeness (QED) is 0.602. The van der Waals surface area contributed by atoms with Crippen LogP contribution in [0, 0.1) is 0 Å². The predicted octanol–water partition coefficient (Wildman–Crippen LogP) is -1.13. The number of primary amides is 1. The zero-order chi connectivity index (χ0) is 12.3. The van der Waals surface area contributed by atoms with Crippen molar-refractivity contribution >= 4 is 6.09 Å². The summed E-state index contributed by atoms with van der Waals surface area (Å²) >= 11 is 0. The molecule has 0 aliphatic rings. The first-order valence-electron chi connectivity index (χ1n) is 4.46. The van der Waals surface area contributed by atoms with Crippen molar-refractivity contribution in [1.29, 1.82) is 0 Å². The Bertz CT molecular complexity index is 501. The number of carbonyl (C=O) groups is 1. The molecule has 1 rings (SSSR count). The maximum Gasteiger partial charge on any atom is 0.405 e. The van der Waals surface area contributed by atoms with Crippen LogP contribution in [0.4, 0.5) is 4.79 Å². The highest BCUT2D eigenvalue weighted by Crippen LogP contribution is 2.12. The van der Waals surface area contributed by atoms with Gasteiger partial charge in [-0.2, -0.15) is 5.10 Å². The molecule has 0 unspecified atom stereocenters. The van der Waals surface area contributed by atoms with Crippen molar-refractivity contribution in [3.8, 4) is 0 Å². The molecule has 0 spiro atoms. The molecule has 0 fully saturated rings. The van der Waals surface area contributed by atoms with Crippen LogP contribution < -0.4 is 17.0 Å². The summed E-state index contributed by atoms with van der Waals surface area (Å²) in [7, 11) is 0. The molecule has 0 saturated heterocycles. The summed E-state index contributed by atoms with van der Waals surface area (Å²) in [6.45, 7) is 3.15. The van der Waals surface area contributed by atoms with Crippen molar-refractivity contribution < 1.29 is 9.53 Å². The number of nitrogens with one attached hydrogen (secondary N) is 2. The average Bonchev–Trinajstić information content (AvgIpc) is 2.07. The van der Waals surface area contributed by atoms with E-state index in [4.69, 9.17) is 10.5 Å². The van der Waals surface area contributed by atoms with Crippen LogP contribution in [0.1, 0.15) is 19.5 Å². The van der Waals surface area contributed by atoms with E-state index >= 15 is 0 Å². The third kappa shape index (κ3) is 3.23. The number of H-pyrrole nitrogens is 2. The molecule has 0 radical (unpaired) electrons. The van der Waals surface area contributed by atoms with Crippen molar-refractivity contribution in [3.63, 3.8) is 0 Å². The summed E-state index contributed by atoms with van der Waals surface area (Å²) in [5.74, 6) is 0. The number of ether oxygens (including phenoxy) is 1. The van der Waals surface area contributed by atoms with Gasteiger partial charge in [0, 0.05) is 6.42 Å². The van der Waals surface area contributed by atoms with Crippen molar-refractivity contribution in [2.75, 3.05) is 0 Å². The van der Waals surface area contributed by atoms with E-state index in [1.54, 1.807) is 13.8 Å². The number of rotatable bonds is 3. The summed E-state index contributed by atoms with van der Waals surface area (Å²) in [5, 5.41) is 5.64. The molecule has 1 aromatic heterocycles. The summed E-state index contributed by atoms with van der Waals surface area (Å²) in [5.41, 5.74) is 2.65. The number of amides is 1. The van der Waals surface area contributed by atoms with Crippen molar-refractivity contribution in [1.82, 2.24) is 15.2 Å². The molecule has 0 aliphatic heterocycles. The van der Waals surface area contributed by atoms with Crippen LogP contribution in [0.25, 0.3) is 0 Å². The lowest BCUT2D eigenvalue weighted by atomic mass is 10.0. The largest absolute Gasteiger partial charge is 0.443 e. The van der Waals surface area contributed by atoms with E-state index in [2.05, 4.69) is 10.2 Å². The Hall–Kier alpha value is -2.12. The van der Waals surface area contributed by atoms with Gasteiger partial charge in [-0.1, -0.05) is 0 Å². The molecule has 1 heterocycles.